The third-order valence-corrected chi connectivity index (χ3v) is 5.58. The quantitative estimate of drug-likeness (QED) is 0.746. The Morgan fingerprint density at radius 2 is 1.83 bits per heavy atom. The molecule has 0 aromatic heterocycles. The third kappa shape index (κ3) is 5.95. The van der Waals surface area contributed by atoms with E-state index in [9.17, 15) is 8.42 Å². The molecule has 0 spiro atoms. The van der Waals surface area contributed by atoms with Crippen LogP contribution >= 0.6 is 0 Å². The van der Waals surface area contributed by atoms with Crippen molar-refractivity contribution in [2.45, 2.75) is 46.0 Å². The van der Waals surface area contributed by atoms with Crippen LogP contribution in [0, 0.1) is 5.92 Å². The van der Waals surface area contributed by atoms with Crippen molar-refractivity contribution in [3.63, 3.8) is 0 Å². The van der Waals surface area contributed by atoms with Crippen molar-refractivity contribution in [1.29, 1.82) is 0 Å². The first-order valence-corrected chi connectivity index (χ1v) is 9.94. The van der Waals surface area contributed by atoms with Gasteiger partial charge in [-0.05, 0) is 19.8 Å². The van der Waals surface area contributed by atoms with Crippen molar-refractivity contribution in [1.82, 2.24) is 13.9 Å². The summed E-state index contributed by atoms with van der Waals surface area (Å²) in [6.07, 6.45) is -0.251. The molecule has 0 aromatic rings. The van der Waals surface area contributed by atoms with Gasteiger partial charge in [0.2, 0.25) is 0 Å². The molecular formula is C15H31N3O4S. The molecule has 0 bridgehead atoms. The van der Waals surface area contributed by atoms with Gasteiger partial charge in [-0.1, -0.05) is 13.8 Å². The van der Waals surface area contributed by atoms with E-state index in [-0.39, 0.29) is 18.3 Å². The van der Waals surface area contributed by atoms with Crippen LogP contribution in [-0.2, 0) is 19.7 Å². The summed E-state index contributed by atoms with van der Waals surface area (Å²) in [7, 11) is -3.48. The molecule has 0 radical (unpaired) electrons. The predicted molar refractivity (Wildman–Crippen MR) is 89.5 cm³/mol. The molecule has 3 atom stereocenters. The van der Waals surface area contributed by atoms with E-state index in [1.54, 1.807) is 0 Å². The number of hydrogen-bond donors (Lipinski definition) is 1. The molecule has 1 N–H and O–H groups in total. The van der Waals surface area contributed by atoms with Crippen LogP contribution in [-0.4, -0.2) is 81.8 Å². The molecule has 2 aliphatic heterocycles. The lowest BCUT2D eigenvalue weighted by atomic mass is 10.2. The number of nitrogens with zero attached hydrogens (tertiary/aromatic N) is 2. The highest BCUT2D eigenvalue weighted by Gasteiger charge is 2.32. The molecule has 0 amide bonds. The number of rotatable bonds is 6. The molecule has 2 aliphatic rings. The van der Waals surface area contributed by atoms with Gasteiger partial charge in [0.15, 0.2) is 0 Å². The van der Waals surface area contributed by atoms with E-state index in [0.717, 1.165) is 19.6 Å². The molecule has 2 saturated heterocycles. The van der Waals surface area contributed by atoms with Gasteiger partial charge in [-0.25, -0.2) is 0 Å². The fourth-order valence-electron chi connectivity index (χ4n) is 3.20. The molecule has 0 aromatic carbocycles. The minimum atomic E-state index is -3.48. The average Bonchev–Trinajstić information content (AvgIpc) is 2.44. The monoisotopic (exact) mass is 349 g/mol. The Hall–Kier alpha value is -0.250. The van der Waals surface area contributed by atoms with Crippen molar-refractivity contribution < 1.29 is 17.9 Å². The van der Waals surface area contributed by atoms with Gasteiger partial charge in [-0.15, -0.1) is 0 Å². The van der Waals surface area contributed by atoms with Gasteiger partial charge >= 0.3 is 0 Å². The highest BCUT2D eigenvalue weighted by atomic mass is 32.2. The molecule has 8 heteroatoms. The number of morpholine rings is 2. The Labute approximate surface area is 140 Å². The molecule has 2 rings (SSSR count). The Morgan fingerprint density at radius 1 is 1.17 bits per heavy atom. The first-order valence-electron chi connectivity index (χ1n) is 8.50. The van der Waals surface area contributed by atoms with Gasteiger partial charge in [0.05, 0.1) is 24.9 Å². The average molecular weight is 349 g/mol. The molecular weight excluding hydrogens is 318 g/mol. The fourth-order valence-corrected chi connectivity index (χ4v) is 4.59. The van der Waals surface area contributed by atoms with E-state index in [4.69, 9.17) is 9.47 Å². The van der Waals surface area contributed by atoms with E-state index < -0.39 is 10.2 Å². The zero-order valence-corrected chi connectivity index (χ0v) is 15.5. The van der Waals surface area contributed by atoms with Crippen LogP contribution in [0.4, 0.5) is 0 Å². The zero-order chi connectivity index (χ0) is 17.0. The van der Waals surface area contributed by atoms with Gasteiger partial charge < -0.3 is 9.47 Å². The smallest absolute Gasteiger partial charge is 0.279 e. The Kier molecular flexibility index (Phi) is 6.82. The summed E-state index contributed by atoms with van der Waals surface area (Å²) in [4.78, 5) is 2.34. The van der Waals surface area contributed by atoms with Crippen molar-refractivity contribution >= 4 is 10.2 Å². The Balaban J connectivity index is 1.84. The van der Waals surface area contributed by atoms with E-state index in [0.29, 0.717) is 32.2 Å². The normalized spacial score (nSPS) is 31.6. The van der Waals surface area contributed by atoms with Gasteiger partial charge in [0.25, 0.3) is 10.2 Å². The molecule has 2 heterocycles. The fraction of sp³-hybridized carbons (Fsp3) is 1.00. The summed E-state index contributed by atoms with van der Waals surface area (Å²) < 4.78 is 40.4. The number of nitrogens with one attached hydrogen (secondary N) is 1. The molecule has 7 nitrogen and oxygen atoms in total. The molecule has 136 valence electrons. The maximum Gasteiger partial charge on any atom is 0.279 e. The summed E-state index contributed by atoms with van der Waals surface area (Å²) in [6, 6.07) is 0. The maximum atomic E-state index is 12.5. The van der Waals surface area contributed by atoms with E-state index in [2.05, 4.69) is 23.5 Å². The SMILES string of the molecule is CC(C)CN1CCO[C@H](CNS(=O)(=O)N2C[C@@H](C)O[C@H](C)C2)C1. The predicted octanol–water partition coefficient (Wildman–Crippen LogP) is 0.287. The van der Waals surface area contributed by atoms with Crippen molar-refractivity contribution in [2.24, 2.45) is 5.92 Å². The van der Waals surface area contributed by atoms with Crippen LogP contribution < -0.4 is 4.72 Å². The molecule has 23 heavy (non-hydrogen) atoms. The topological polar surface area (TPSA) is 71.1 Å². The zero-order valence-electron chi connectivity index (χ0n) is 14.7. The van der Waals surface area contributed by atoms with Crippen molar-refractivity contribution in [3.05, 3.63) is 0 Å². The van der Waals surface area contributed by atoms with Crippen LogP contribution in [0.1, 0.15) is 27.7 Å². The lowest BCUT2D eigenvalue weighted by Gasteiger charge is -2.36. The lowest BCUT2D eigenvalue weighted by molar-refractivity contribution is -0.0451. The second-order valence-electron chi connectivity index (χ2n) is 7.07. The highest BCUT2D eigenvalue weighted by molar-refractivity contribution is 7.87. The second-order valence-corrected chi connectivity index (χ2v) is 8.83. The van der Waals surface area contributed by atoms with Crippen LogP contribution in [0.15, 0.2) is 0 Å². The number of ether oxygens (including phenoxy) is 2. The number of hydrogen-bond acceptors (Lipinski definition) is 5. The third-order valence-electron chi connectivity index (χ3n) is 4.07. The summed E-state index contributed by atoms with van der Waals surface area (Å²) in [5.41, 5.74) is 0. The molecule has 0 aliphatic carbocycles. The lowest BCUT2D eigenvalue weighted by Crippen LogP contribution is -2.54. The summed E-state index contributed by atoms with van der Waals surface area (Å²) in [5.74, 6) is 0.599. The summed E-state index contributed by atoms with van der Waals surface area (Å²) in [5, 5.41) is 0. The van der Waals surface area contributed by atoms with E-state index in [1.165, 1.54) is 4.31 Å². The van der Waals surface area contributed by atoms with Crippen LogP contribution in [0.25, 0.3) is 0 Å². The van der Waals surface area contributed by atoms with Crippen molar-refractivity contribution in [3.8, 4) is 0 Å². The Morgan fingerprint density at radius 3 is 2.43 bits per heavy atom. The van der Waals surface area contributed by atoms with Gasteiger partial charge in [-0.3, -0.25) is 4.90 Å². The maximum absolute atomic E-state index is 12.5. The van der Waals surface area contributed by atoms with Gasteiger partial charge in [-0.2, -0.15) is 17.4 Å². The van der Waals surface area contributed by atoms with Gasteiger partial charge in [0, 0.05) is 39.3 Å². The van der Waals surface area contributed by atoms with Crippen molar-refractivity contribution in [2.75, 3.05) is 45.9 Å². The molecule has 0 unspecified atom stereocenters. The minimum Gasteiger partial charge on any atom is -0.374 e. The summed E-state index contributed by atoms with van der Waals surface area (Å²) in [6.45, 7) is 12.6. The second kappa shape index (κ2) is 8.22. The molecule has 2 fully saturated rings. The van der Waals surface area contributed by atoms with Crippen LogP contribution in [0.5, 0.6) is 0 Å². The minimum absolute atomic E-state index is 0.0808. The molecule has 0 saturated carbocycles. The largest absolute Gasteiger partial charge is 0.374 e. The first kappa shape index (κ1) is 19.1. The standard InChI is InChI=1S/C15H31N3O4S/c1-12(2)8-17-5-6-21-15(11-17)7-16-23(19,20)18-9-13(3)22-14(4)10-18/h12-16H,5-11H2,1-4H3/t13-,14-,15-/m1/s1. The highest BCUT2D eigenvalue weighted by Crippen LogP contribution is 2.14. The van der Waals surface area contributed by atoms with Crippen LogP contribution in [0.2, 0.25) is 0 Å². The van der Waals surface area contributed by atoms with Gasteiger partial charge in [0.1, 0.15) is 0 Å². The van der Waals surface area contributed by atoms with E-state index >= 15 is 0 Å². The van der Waals surface area contributed by atoms with Crippen LogP contribution in [0.3, 0.4) is 0 Å². The van der Waals surface area contributed by atoms with E-state index in [1.807, 2.05) is 13.8 Å². The first-order chi connectivity index (χ1) is 10.8. The Bertz CT molecular complexity index is 461. The summed E-state index contributed by atoms with van der Waals surface area (Å²) >= 11 is 0.